The number of hydrogen-bond acceptors (Lipinski definition) is 5. The van der Waals surface area contributed by atoms with Crippen LogP contribution in [0.5, 0.6) is 5.75 Å². The second kappa shape index (κ2) is 8.02. The molecule has 1 fully saturated rings. The number of thiophene rings is 1. The standard InChI is InChI=1S/C20H22N4O3S/c1-14-5-2-3-6-16(14)27-13-18(25)21-10-11-23-20(26)24(15-8-9-15)19(22-23)17-7-4-12-28-17/h2-7,12,15H,8-11,13H2,1H3,(H,21,25). The summed E-state index contributed by atoms with van der Waals surface area (Å²) >= 11 is 1.57. The summed E-state index contributed by atoms with van der Waals surface area (Å²) in [6, 6.07) is 11.7. The number of nitrogens with one attached hydrogen (secondary N) is 1. The van der Waals surface area contributed by atoms with Crippen LogP contribution in [0.3, 0.4) is 0 Å². The number of amides is 1. The molecular formula is C20H22N4O3S. The predicted molar refractivity (Wildman–Crippen MR) is 108 cm³/mol. The van der Waals surface area contributed by atoms with Gasteiger partial charge >= 0.3 is 5.69 Å². The third-order valence-electron chi connectivity index (χ3n) is 4.62. The van der Waals surface area contributed by atoms with Crippen molar-refractivity contribution in [3.8, 4) is 16.5 Å². The predicted octanol–water partition coefficient (Wildman–Crippen LogP) is 2.61. The molecule has 8 heteroatoms. The molecule has 0 unspecified atom stereocenters. The first-order chi connectivity index (χ1) is 13.6. The van der Waals surface area contributed by atoms with E-state index in [-0.39, 0.29) is 24.2 Å². The van der Waals surface area contributed by atoms with Gasteiger partial charge in [0.15, 0.2) is 12.4 Å². The molecule has 1 aliphatic rings. The van der Waals surface area contributed by atoms with Crippen LogP contribution in [0.15, 0.2) is 46.6 Å². The van der Waals surface area contributed by atoms with E-state index in [9.17, 15) is 9.59 Å². The minimum Gasteiger partial charge on any atom is -0.484 e. The normalized spacial score (nSPS) is 13.5. The lowest BCUT2D eigenvalue weighted by molar-refractivity contribution is -0.123. The molecule has 28 heavy (non-hydrogen) atoms. The zero-order chi connectivity index (χ0) is 19.5. The van der Waals surface area contributed by atoms with Gasteiger partial charge in [-0.2, -0.15) is 0 Å². The van der Waals surface area contributed by atoms with Crippen molar-refractivity contribution in [2.75, 3.05) is 13.2 Å². The molecule has 2 heterocycles. The highest BCUT2D eigenvalue weighted by molar-refractivity contribution is 7.13. The van der Waals surface area contributed by atoms with E-state index in [0.717, 1.165) is 29.1 Å². The number of nitrogens with zero attached hydrogens (tertiary/aromatic N) is 3. The van der Waals surface area contributed by atoms with E-state index >= 15 is 0 Å². The third kappa shape index (κ3) is 4.01. The van der Waals surface area contributed by atoms with Crippen molar-refractivity contribution in [2.45, 2.75) is 32.4 Å². The largest absolute Gasteiger partial charge is 0.484 e. The quantitative estimate of drug-likeness (QED) is 0.633. The summed E-state index contributed by atoms with van der Waals surface area (Å²) in [5.74, 6) is 1.19. The first-order valence-corrected chi connectivity index (χ1v) is 10.2. The number of rotatable bonds is 8. The number of benzene rings is 1. The number of aromatic nitrogens is 3. The van der Waals surface area contributed by atoms with Gasteiger partial charge in [-0.15, -0.1) is 16.4 Å². The van der Waals surface area contributed by atoms with E-state index in [0.29, 0.717) is 18.8 Å². The fraction of sp³-hybridized carbons (Fsp3) is 0.350. The fourth-order valence-corrected chi connectivity index (χ4v) is 3.72. The molecule has 7 nitrogen and oxygen atoms in total. The minimum atomic E-state index is -0.226. The van der Waals surface area contributed by atoms with Crippen molar-refractivity contribution in [3.63, 3.8) is 0 Å². The van der Waals surface area contributed by atoms with Gasteiger partial charge in [0.25, 0.3) is 5.91 Å². The smallest absolute Gasteiger partial charge is 0.346 e. The molecule has 3 aromatic rings. The van der Waals surface area contributed by atoms with Gasteiger partial charge in [-0.25, -0.2) is 9.48 Å². The van der Waals surface area contributed by atoms with Gasteiger partial charge in [-0.1, -0.05) is 24.3 Å². The lowest BCUT2D eigenvalue weighted by Gasteiger charge is -2.09. The second-order valence-corrected chi connectivity index (χ2v) is 7.76. The fourth-order valence-electron chi connectivity index (χ4n) is 3.02. The first-order valence-electron chi connectivity index (χ1n) is 9.32. The van der Waals surface area contributed by atoms with E-state index < -0.39 is 0 Å². The summed E-state index contributed by atoms with van der Waals surface area (Å²) in [5.41, 5.74) is 0.866. The number of carbonyl (C=O) groups is 1. The molecule has 0 bridgehead atoms. The van der Waals surface area contributed by atoms with E-state index in [1.807, 2.05) is 48.7 Å². The number of ether oxygens (including phenoxy) is 1. The van der Waals surface area contributed by atoms with Crippen molar-refractivity contribution < 1.29 is 9.53 Å². The summed E-state index contributed by atoms with van der Waals surface area (Å²) < 4.78 is 8.77. The molecule has 1 saturated carbocycles. The lowest BCUT2D eigenvalue weighted by atomic mass is 10.2. The maximum absolute atomic E-state index is 12.7. The molecule has 146 valence electrons. The van der Waals surface area contributed by atoms with Crippen LogP contribution in [0.1, 0.15) is 24.4 Å². The van der Waals surface area contributed by atoms with E-state index in [4.69, 9.17) is 4.74 Å². The summed E-state index contributed by atoms with van der Waals surface area (Å²) in [6.07, 6.45) is 2.02. The lowest BCUT2D eigenvalue weighted by Crippen LogP contribution is -2.34. The van der Waals surface area contributed by atoms with Crippen LogP contribution in [-0.4, -0.2) is 33.4 Å². The van der Waals surface area contributed by atoms with Gasteiger partial charge < -0.3 is 10.1 Å². The molecule has 4 rings (SSSR count). The highest BCUT2D eigenvalue weighted by Crippen LogP contribution is 2.37. The Morgan fingerprint density at radius 1 is 1.29 bits per heavy atom. The van der Waals surface area contributed by atoms with Crippen molar-refractivity contribution >= 4 is 17.2 Å². The summed E-state index contributed by atoms with van der Waals surface area (Å²) in [7, 11) is 0. The Bertz CT molecular complexity index is 1020. The van der Waals surface area contributed by atoms with E-state index in [1.165, 1.54) is 4.68 Å². The molecule has 1 amide bonds. The zero-order valence-electron chi connectivity index (χ0n) is 15.6. The average molecular weight is 398 g/mol. The Morgan fingerprint density at radius 2 is 2.11 bits per heavy atom. The summed E-state index contributed by atoms with van der Waals surface area (Å²) in [6.45, 7) is 2.52. The Hall–Kier alpha value is -2.87. The van der Waals surface area contributed by atoms with Gasteiger partial charge in [0.1, 0.15) is 5.75 Å². The van der Waals surface area contributed by atoms with Crippen molar-refractivity contribution in [1.29, 1.82) is 0 Å². The molecule has 0 aliphatic heterocycles. The van der Waals surface area contributed by atoms with Crippen LogP contribution in [0.2, 0.25) is 0 Å². The second-order valence-electron chi connectivity index (χ2n) is 6.81. The van der Waals surface area contributed by atoms with Gasteiger partial charge in [0.2, 0.25) is 0 Å². The molecule has 0 spiro atoms. The van der Waals surface area contributed by atoms with Crippen LogP contribution < -0.4 is 15.7 Å². The van der Waals surface area contributed by atoms with Crippen LogP contribution in [-0.2, 0) is 11.3 Å². The number of hydrogen-bond donors (Lipinski definition) is 1. The zero-order valence-corrected chi connectivity index (χ0v) is 16.4. The third-order valence-corrected chi connectivity index (χ3v) is 5.49. The molecule has 1 N–H and O–H groups in total. The van der Waals surface area contributed by atoms with E-state index in [2.05, 4.69) is 10.4 Å². The Balaban J connectivity index is 1.35. The molecule has 1 aliphatic carbocycles. The molecule has 2 aromatic heterocycles. The van der Waals surface area contributed by atoms with Crippen LogP contribution in [0.4, 0.5) is 0 Å². The maximum Gasteiger partial charge on any atom is 0.346 e. The monoisotopic (exact) mass is 398 g/mol. The topological polar surface area (TPSA) is 78.2 Å². The highest BCUT2D eigenvalue weighted by Gasteiger charge is 2.30. The molecule has 0 radical (unpaired) electrons. The Kier molecular flexibility index (Phi) is 5.29. The van der Waals surface area contributed by atoms with Crippen molar-refractivity contribution in [1.82, 2.24) is 19.7 Å². The Morgan fingerprint density at radius 3 is 2.82 bits per heavy atom. The molecule has 0 saturated heterocycles. The Labute approximate surface area is 166 Å². The van der Waals surface area contributed by atoms with Gasteiger partial charge in [0, 0.05) is 12.6 Å². The first kappa shape index (κ1) is 18.5. The maximum atomic E-state index is 12.7. The average Bonchev–Trinajstić information content (AvgIpc) is 3.26. The molecule has 1 aromatic carbocycles. The van der Waals surface area contributed by atoms with Gasteiger partial charge in [0.05, 0.1) is 11.4 Å². The molecule has 0 atom stereocenters. The number of carbonyl (C=O) groups excluding carboxylic acids is 1. The van der Waals surface area contributed by atoms with Gasteiger partial charge in [-0.05, 0) is 42.8 Å². The SMILES string of the molecule is Cc1ccccc1OCC(=O)NCCn1nc(-c2cccs2)n(C2CC2)c1=O. The summed E-state index contributed by atoms with van der Waals surface area (Å²) in [5, 5.41) is 9.27. The minimum absolute atomic E-state index is 0.0588. The number of aryl methyl sites for hydroxylation is 1. The van der Waals surface area contributed by atoms with Crippen LogP contribution >= 0.6 is 11.3 Å². The van der Waals surface area contributed by atoms with Crippen LogP contribution in [0.25, 0.3) is 10.7 Å². The van der Waals surface area contributed by atoms with E-state index in [1.54, 1.807) is 15.9 Å². The highest BCUT2D eigenvalue weighted by atomic mass is 32.1. The van der Waals surface area contributed by atoms with Crippen LogP contribution in [0, 0.1) is 6.92 Å². The van der Waals surface area contributed by atoms with Gasteiger partial charge in [-0.3, -0.25) is 9.36 Å². The van der Waals surface area contributed by atoms with Crippen molar-refractivity contribution in [3.05, 3.63) is 57.8 Å². The molecular weight excluding hydrogens is 376 g/mol. The van der Waals surface area contributed by atoms with Crippen molar-refractivity contribution in [2.24, 2.45) is 0 Å². The number of para-hydroxylation sites is 1. The summed E-state index contributed by atoms with van der Waals surface area (Å²) in [4.78, 5) is 25.7.